The van der Waals surface area contributed by atoms with Gasteiger partial charge in [-0.05, 0) is 43.3 Å². The minimum Gasteiger partial charge on any atom is -0.452 e. The average Bonchev–Trinajstić information content (AvgIpc) is 3.23. The smallest absolute Gasteiger partial charge is 0.338 e. The minimum atomic E-state index is -0.667. The van der Waals surface area contributed by atoms with E-state index in [1.807, 2.05) is 31.2 Å². The van der Waals surface area contributed by atoms with E-state index in [0.717, 1.165) is 15.2 Å². The summed E-state index contributed by atoms with van der Waals surface area (Å²) in [6, 6.07) is 13.6. The molecular formula is C22H20N4O5S. The van der Waals surface area contributed by atoms with Crippen LogP contribution in [0.5, 0.6) is 0 Å². The van der Waals surface area contributed by atoms with Crippen LogP contribution in [0.3, 0.4) is 0 Å². The van der Waals surface area contributed by atoms with Gasteiger partial charge in [-0.25, -0.2) is 14.8 Å². The minimum absolute atomic E-state index is 0.125. The number of benzene rings is 2. The summed E-state index contributed by atoms with van der Waals surface area (Å²) >= 11 is 1.40. The van der Waals surface area contributed by atoms with Crippen LogP contribution in [-0.4, -0.2) is 41.8 Å². The van der Waals surface area contributed by atoms with E-state index in [0.29, 0.717) is 17.4 Å². The van der Waals surface area contributed by atoms with Crippen molar-refractivity contribution in [1.82, 2.24) is 10.4 Å². The Kier molecular flexibility index (Phi) is 6.13. The van der Waals surface area contributed by atoms with E-state index < -0.39 is 12.6 Å². The number of aromatic nitrogens is 1. The van der Waals surface area contributed by atoms with Gasteiger partial charge in [0.25, 0.3) is 5.91 Å². The molecule has 1 N–H and O–H groups in total. The number of carbonyl (C=O) groups is 4. The average molecular weight is 452 g/mol. The van der Waals surface area contributed by atoms with Gasteiger partial charge < -0.3 is 4.74 Å². The van der Waals surface area contributed by atoms with Crippen molar-refractivity contribution in [3.8, 4) is 0 Å². The van der Waals surface area contributed by atoms with Crippen molar-refractivity contribution in [3.05, 3.63) is 54.1 Å². The summed E-state index contributed by atoms with van der Waals surface area (Å²) in [6.07, 6.45) is 0.278. The second-order valence-electron chi connectivity index (χ2n) is 6.99. The summed E-state index contributed by atoms with van der Waals surface area (Å²) in [4.78, 5) is 54.5. The van der Waals surface area contributed by atoms with Gasteiger partial charge in [-0.15, -0.1) is 0 Å². The van der Waals surface area contributed by atoms with Crippen LogP contribution in [0.2, 0.25) is 0 Å². The lowest BCUT2D eigenvalue weighted by molar-refractivity contribution is -0.130. The molecule has 3 amide bonds. The lowest BCUT2D eigenvalue weighted by Crippen LogP contribution is -2.50. The SMILES string of the molecule is CCN(C(=O)COC(=O)c1ccc(N2NC(=O)CCC2=O)cc1)c1nc2ccccc2s1. The highest BCUT2D eigenvalue weighted by Gasteiger charge is 2.25. The Morgan fingerprint density at radius 3 is 2.59 bits per heavy atom. The molecule has 1 aromatic heterocycles. The number of fused-ring (bicyclic) bond motifs is 1. The Hall–Kier alpha value is -3.79. The first-order chi connectivity index (χ1) is 15.5. The zero-order chi connectivity index (χ0) is 22.7. The summed E-state index contributed by atoms with van der Waals surface area (Å²) in [7, 11) is 0. The molecule has 0 saturated carbocycles. The van der Waals surface area contributed by atoms with Crippen LogP contribution in [-0.2, 0) is 19.1 Å². The maximum atomic E-state index is 12.6. The molecular weight excluding hydrogens is 432 g/mol. The van der Waals surface area contributed by atoms with Crippen LogP contribution >= 0.6 is 11.3 Å². The molecule has 164 valence electrons. The van der Waals surface area contributed by atoms with E-state index in [1.165, 1.54) is 40.5 Å². The zero-order valence-electron chi connectivity index (χ0n) is 17.2. The predicted octanol–water partition coefficient (Wildman–Crippen LogP) is 2.66. The molecule has 10 heteroatoms. The first kappa shape index (κ1) is 21.4. The van der Waals surface area contributed by atoms with E-state index >= 15 is 0 Å². The number of anilines is 2. The number of hydrazine groups is 1. The molecule has 9 nitrogen and oxygen atoms in total. The Morgan fingerprint density at radius 1 is 1.12 bits per heavy atom. The van der Waals surface area contributed by atoms with Gasteiger partial charge in [0, 0.05) is 19.4 Å². The lowest BCUT2D eigenvalue weighted by Gasteiger charge is -2.27. The van der Waals surface area contributed by atoms with E-state index in [4.69, 9.17) is 4.74 Å². The second-order valence-corrected chi connectivity index (χ2v) is 8.00. The number of thiazole rings is 1. The van der Waals surface area contributed by atoms with Gasteiger partial charge in [0.2, 0.25) is 11.8 Å². The van der Waals surface area contributed by atoms with E-state index in [1.54, 1.807) is 0 Å². The Labute approximate surface area is 187 Å². The topological polar surface area (TPSA) is 109 Å². The van der Waals surface area contributed by atoms with Crippen LogP contribution in [0.4, 0.5) is 10.8 Å². The van der Waals surface area contributed by atoms with Crippen LogP contribution in [0.1, 0.15) is 30.1 Å². The Morgan fingerprint density at radius 2 is 1.88 bits per heavy atom. The van der Waals surface area contributed by atoms with Gasteiger partial charge in [0.1, 0.15) is 0 Å². The molecule has 0 unspecified atom stereocenters. The standard InChI is InChI=1S/C22H20N4O5S/c1-2-25(22-23-16-5-3-4-6-17(16)32-22)20(29)13-31-21(30)14-7-9-15(10-8-14)26-19(28)12-11-18(27)24-26/h3-10H,2,11-13H2,1H3,(H,24,27). The van der Waals surface area contributed by atoms with Gasteiger partial charge in [-0.2, -0.15) is 0 Å². The van der Waals surface area contributed by atoms with Crippen LogP contribution in [0, 0.1) is 0 Å². The van der Waals surface area contributed by atoms with Gasteiger partial charge in [-0.3, -0.25) is 24.7 Å². The van der Waals surface area contributed by atoms with Crippen LogP contribution in [0.15, 0.2) is 48.5 Å². The first-order valence-corrected chi connectivity index (χ1v) is 10.8. The lowest BCUT2D eigenvalue weighted by atomic mass is 10.2. The van der Waals surface area contributed by atoms with Crippen molar-refractivity contribution in [2.24, 2.45) is 0 Å². The second kappa shape index (κ2) is 9.15. The molecule has 0 radical (unpaired) electrons. The Balaban J connectivity index is 1.38. The summed E-state index contributed by atoms with van der Waals surface area (Å²) in [5.74, 6) is -1.53. The third-order valence-corrected chi connectivity index (χ3v) is 5.93. The largest absolute Gasteiger partial charge is 0.452 e. The number of hydrogen-bond acceptors (Lipinski definition) is 7. The molecule has 2 aromatic carbocycles. The molecule has 0 bridgehead atoms. The summed E-state index contributed by atoms with van der Waals surface area (Å²) in [6.45, 7) is 1.79. The van der Waals surface area contributed by atoms with Crippen molar-refractivity contribution < 1.29 is 23.9 Å². The van der Waals surface area contributed by atoms with E-state index in [9.17, 15) is 19.2 Å². The zero-order valence-corrected chi connectivity index (χ0v) is 18.1. The molecule has 1 fully saturated rings. The molecule has 0 spiro atoms. The fourth-order valence-corrected chi connectivity index (χ4v) is 4.26. The number of para-hydroxylation sites is 1. The van der Waals surface area contributed by atoms with Crippen LogP contribution in [0.25, 0.3) is 10.2 Å². The van der Waals surface area contributed by atoms with Gasteiger partial charge in [0.15, 0.2) is 11.7 Å². The van der Waals surface area contributed by atoms with Gasteiger partial charge in [0.05, 0.1) is 21.5 Å². The number of ether oxygens (including phenoxy) is 1. The first-order valence-electron chi connectivity index (χ1n) is 10.0. The number of nitrogens with zero attached hydrogens (tertiary/aromatic N) is 3. The molecule has 0 aliphatic carbocycles. The maximum absolute atomic E-state index is 12.6. The molecule has 1 aliphatic heterocycles. The summed E-state index contributed by atoms with van der Waals surface area (Å²) < 4.78 is 6.16. The van der Waals surface area contributed by atoms with Crippen molar-refractivity contribution >= 4 is 56.1 Å². The number of amides is 3. The van der Waals surface area contributed by atoms with E-state index in [2.05, 4.69) is 10.4 Å². The normalized spacial score (nSPS) is 13.7. The molecule has 4 rings (SSSR count). The molecule has 1 saturated heterocycles. The van der Waals surface area contributed by atoms with Gasteiger partial charge >= 0.3 is 5.97 Å². The molecule has 2 heterocycles. The van der Waals surface area contributed by atoms with Gasteiger partial charge in [-0.1, -0.05) is 23.5 Å². The number of likely N-dealkylation sites (N-methyl/N-ethyl adjacent to an activating group) is 1. The van der Waals surface area contributed by atoms with Crippen LogP contribution < -0.4 is 15.3 Å². The van der Waals surface area contributed by atoms with Crippen molar-refractivity contribution in [1.29, 1.82) is 0 Å². The van der Waals surface area contributed by atoms with Crippen molar-refractivity contribution in [3.63, 3.8) is 0 Å². The number of nitrogens with one attached hydrogen (secondary N) is 1. The monoisotopic (exact) mass is 452 g/mol. The number of hydrogen-bond donors (Lipinski definition) is 1. The van der Waals surface area contributed by atoms with E-state index in [-0.39, 0.29) is 36.1 Å². The fraction of sp³-hybridized carbons (Fsp3) is 0.227. The summed E-state index contributed by atoms with van der Waals surface area (Å²) in [5, 5.41) is 1.70. The number of esters is 1. The molecule has 32 heavy (non-hydrogen) atoms. The predicted molar refractivity (Wildman–Crippen MR) is 119 cm³/mol. The van der Waals surface area contributed by atoms with Crippen molar-refractivity contribution in [2.45, 2.75) is 19.8 Å². The quantitative estimate of drug-likeness (QED) is 0.576. The fourth-order valence-electron chi connectivity index (χ4n) is 3.21. The third kappa shape index (κ3) is 4.45. The number of rotatable bonds is 6. The molecule has 1 aliphatic rings. The maximum Gasteiger partial charge on any atom is 0.338 e. The molecule has 0 atom stereocenters. The third-order valence-electron chi connectivity index (χ3n) is 4.87. The molecule has 3 aromatic rings. The number of carbonyl (C=O) groups excluding carboxylic acids is 4. The highest BCUT2D eigenvalue weighted by Crippen LogP contribution is 2.28. The summed E-state index contributed by atoms with van der Waals surface area (Å²) in [5.41, 5.74) is 3.95. The Bertz CT molecular complexity index is 1160. The van der Waals surface area contributed by atoms with Crippen molar-refractivity contribution in [2.75, 3.05) is 23.1 Å². The highest BCUT2D eigenvalue weighted by molar-refractivity contribution is 7.22. The highest BCUT2D eigenvalue weighted by atomic mass is 32.1.